The first-order valence-electron chi connectivity index (χ1n) is 0. The molecule has 0 aliphatic heterocycles. The van der Waals surface area contributed by atoms with Gasteiger partial charge in [0.05, 0.1) is 0 Å². The molecule has 0 unspecified atom stereocenters. The minimum Gasteiger partial charge on any atom is -2.00 e. The van der Waals surface area contributed by atoms with Crippen LogP contribution >= 0.6 is 0 Å². The fraction of sp³-hybridized carbons (Fsp3) is 0. The third kappa shape index (κ3) is 24.8. The van der Waals surface area contributed by atoms with Crippen molar-refractivity contribution in [2.75, 3.05) is 0 Å². The SMILES string of the molecule is [Ir+4].[O-2].[O-2].[Ru].[Ti]. The normalized spacial score (nSPS) is 0. The maximum Gasteiger partial charge on any atom is 4.00 e. The van der Waals surface area contributed by atoms with Crippen LogP contribution in [0.4, 0.5) is 0 Å². The van der Waals surface area contributed by atoms with E-state index in [2.05, 4.69) is 0 Å². The summed E-state index contributed by atoms with van der Waals surface area (Å²) in [6.07, 6.45) is 0. The Morgan fingerprint density at radius 2 is 0.800 bits per heavy atom. The maximum absolute atomic E-state index is 0. The zero-order valence-electron chi connectivity index (χ0n) is 2.00. The summed E-state index contributed by atoms with van der Waals surface area (Å²) >= 11 is 0. The van der Waals surface area contributed by atoms with Gasteiger partial charge < -0.3 is 11.0 Å². The van der Waals surface area contributed by atoms with Gasteiger partial charge in [-0.2, -0.15) is 0 Å². The Labute approximate surface area is 71.7 Å². The Hall–Kier alpha value is 1.91. The topological polar surface area (TPSA) is 57.0 Å². The van der Waals surface area contributed by atoms with Crippen LogP contribution in [-0.4, -0.2) is 0 Å². The van der Waals surface area contributed by atoms with Crippen molar-refractivity contribution in [1.29, 1.82) is 0 Å². The van der Waals surface area contributed by atoms with Gasteiger partial charge in [-0.25, -0.2) is 0 Å². The standard InChI is InChI=1S/Ir.2O.Ru.Ti/q+4;2*-2;;. The minimum atomic E-state index is 0. The average Bonchev–Trinajstić information content (AvgIpc) is 0. The molecule has 0 bridgehead atoms. The molecule has 0 aliphatic rings. The van der Waals surface area contributed by atoms with Crippen LogP contribution in [0.25, 0.3) is 0 Å². The van der Waals surface area contributed by atoms with Crippen LogP contribution < -0.4 is 0 Å². The van der Waals surface area contributed by atoms with E-state index in [-0.39, 0.29) is 72.3 Å². The Kier molecular flexibility index (Phi) is 518. The van der Waals surface area contributed by atoms with Crippen molar-refractivity contribution < 1.29 is 72.3 Å². The molecule has 0 N–H and O–H groups in total. The number of rotatable bonds is 0. The van der Waals surface area contributed by atoms with Crippen LogP contribution in [0.3, 0.4) is 0 Å². The van der Waals surface area contributed by atoms with Gasteiger partial charge in [0.15, 0.2) is 0 Å². The molecule has 0 aromatic heterocycles. The second-order valence-electron chi connectivity index (χ2n) is 0. The Morgan fingerprint density at radius 3 is 0.800 bits per heavy atom. The second kappa shape index (κ2) is 39.1. The fourth-order valence-electron chi connectivity index (χ4n) is 0. The van der Waals surface area contributed by atoms with E-state index < -0.39 is 0 Å². The minimum absolute atomic E-state index is 0. The molecule has 0 saturated carbocycles. The van der Waals surface area contributed by atoms with Crippen LogP contribution in [0.5, 0.6) is 0 Å². The molecule has 0 rings (SSSR count). The van der Waals surface area contributed by atoms with E-state index in [0.29, 0.717) is 0 Å². The molecule has 1 radical (unpaired) electrons. The zero-order valence-corrected chi connectivity index (χ0v) is 7.70. The van der Waals surface area contributed by atoms with Gasteiger partial charge in [-0.05, 0) is 0 Å². The summed E-state index contributed by atoms with van der Waals surface area (Å²) in [5, 5.41) is 0. The van der Waals surface area contributed by atoms with Crippen LogP contribution in [0.15, 0.2) is 0 Å². The quantitative estimate of drug-likeness (QED) is 0.527. The van der Waals surface area contributed by atoms with Gasteiger partial charge >= 0.3 is 20.1 Å². The Bertz CT molecular complexity index is 9.61. The van der Waals surface area contributed by atoms with Gasteiger partial charge in [-0.3, -0.25) is 0 Å². The predicted octanol–water partition coefficient (Wildman–Crippen LogP) is -0.245. The fourth-order valence-corrected chi connectivity index (χ4v) is 0. The number of hydrogen-bond donors (Lipinski definition) is 0. The van der Waals surface area contributed by atoms with E-state index in [9.17, 15) is 0 Å². The van der Waals surface area contributed by atoms with Gasteiger partial charge in [0.25, 0.3) is 0 Å². The van der Waals surface area contributed by atoms with Crippen LogP contribution in [0.1, 0.15) is 0 Å². The molecular formula is IrO2RuTi. The molecule has 5 heteroatoms. The van der Waals surface area contributed by atoms with Crippen molar-refractivity contribution in [2.45, 2.75) is 0 Å². The molecule has 0 aromatic rings. The van der Waals surface area contributed by atoms with Crippen LogP contribution in [-0.2, 0) is 72.3 Å². The summed E-state index contributed by atoms with van der Waals surface area (Å²) in [5.41, 5.74) is 0. The van der Waals surface area contributed by atoms with Crippen molar-refractivity contribution in [3.05, 3.63) is 0 Å². The van der Waals surface area contributed by atoms with Crippen LogP contribution in [0, 0.1) is 0 Å². The molecule has 2 nitrogen and oxygen atoms in total. The summed E-state index contributed by atoms with van der Waals surface area (Å²) in [6.45, 7) is 0. The first-order valence-corrected chi connectivity index (χ1v) is 0. The monoisotopic (exact) mass is 375 g/mol. The van der Waals surface area contributed by atoms with Crippen molar-refractivity contribution in [1.82, 2.24) is 0 Å². The van der Waals surface area contributed by atoms with E-state index in [1.807, 2.05) is 0 Å². The van der Waals surface area contributed by atoms with Crippen molar-refractivity contribution in [3.8, 4) is 0 Å². The third-order valence-electron chi connectivity index (χ3n) is 0. The van der Waals surface area contributed by atoms with Gasteiger partial charge in [-0.1, -0.05) is 0 Å². The molecule has 0 spiro atoms. The summed E-state index contributed by atoms with van der Waals surface area (Å²) in [5.74, 6) is 0. The third-order valence-corrected chi connectivity index (χ3v) is 0. The van der Waals surface area contributed by atoms with Gasteiger partial charge in [-0.15, -0.1) is 0 Å². The molecule has 0 saturated heterocycles. The predicted molar refractivity (Wildman–Crippen MR) is 1.37 cm³/mol. The van der Waals surface area contributed by atoms with Gasteiger partial charge in [0, 0.05) is 41.2 Å². The van der Waals surface area contributed by atoms with Gasteiger partial charge in [0.1, 0.15) is 0 Å². The Balaban J connectivity index is 0. The molecule has 0 aromatic carbocycles. The molecule has 0 heterocycles. The van der Waals surface area contributed by atoms with E-state index >= 15 is 0 Å². The molecule has 0 fully saturated rings. The molecular weight excluding hydrogens is 373 g/mol. The van der Waals surface area contributed by atoms with Crippen molar-refractivity contribution in [3.63, 3.8) is 0 Å². The first kappa shape index (κ1) is 66.3. The van der Waals surface area contributed by atoms with Crippen molar-refractivity contribution in [2.24, 2.45) is 0 Å². The number of hydrogen-bond acceptors (Lipinski definition) is 0. The smallest absolute Gasteiger partial charge is 2.00 e. The molecule has 5 heavy (non-hydrogen) atoms. The van der Waals surface area contributed by atoms with Crippen LogP contribution in [0.2, 0.25) is 0 Å². The molecule has 0 amide bonds. The molecule has 0 atom stereocenters. The van der Waals surface area contributed by atoms with Crippen molar-refractivity contribution >= 4 is 0 Å². The molecule has 0 aliphatic carbocycles. The average molecular weight is 373 g/mol. The Morgan fingerprint density at radius 1 is 0.800 bits per heavy atom. The first-order chi connectivity index (χ1) is 0. The molecule has 33 valence electrons. The van der Waals surface area contributed by atoms with E-state index in [1.165, 1.54) is 0 Å². The van der Waals surface area contributed by atoms with E-state index in [4.69, 9.17) is 0 Å². The maximum atomic E-state index is 0. The summed E-state index contributed by atoms with van der Waals surface area (Å²) < 4.78 is 0. The second-order valence-corrected chi connectivity index (χ2v) is 0. The zero-order chi connectivity index (χ0) is 0. The summed E-state index contributed by atoms with van der Waals surface area (Å²) in [4.78, 5) is 0. The van der Waals surface area contributed by atoms with Gasteiger partial charge in [0.2, 0.25) is 0 Å². The van der Waals surface area contributed by atoms with E-state index in [1.54, 1.807) is 0 Å². The summed E-state index contributed by atoms with van der Waals surface area (Å²) in [6, 6.07) is 0. The largest absolute Gasteiger partial charge is 4.00 e. The van der Waals surface area contributed by atoms with E-state index in [0.717, 1.165) is 0 Å². The summed E-state index contributed by atoms with van der Waals surface area (Å²) in [7, 11) is 0.